The molecule has 0 saturated carbocycles. The van der Waals surface area contributed by atoms with Crippen LogP contribution in [0.2, 0.25) is 5.02 Å². The third-order valence-electron chi connectivity index (χ3n) is 3.83. The number of carboxylic acid groups (broad SMARTS) is 1. The molecule has 0 fully saturated rings. The zero-order valence-corrected chi connectivity index (χ0v) is 13.9. The Morgan fingerprint density at radius 2 is 1.91 bits per heavy atom. The van der Waals surface area contributed by atoms with Crippen LogP contribution in [0, 0.1) is 6.92 Å². The molecule has 2 rings (SSSR count). The Morgan fingerprint density at radius 1 is 1.30 bits per heavy atom. The Kier molecular flexibility index (Phi) is 5.11. The molecular weight excluding hydrogens is 318 g/mol. The standard InChI is InChI=1S/C17H18ClNO4/c1-10-9-23-14(8-15(20)21)16(10)17(22)19(3)11(2)12-4-6-13(18)7-5-12/h4-7,9,11H,8H2,1-3H3,(H,20,21). The van der Waals surface area contributed by atoms with Crippen molar-refractivity contribution in [2.45, 2.75) is 26.3 Å². The molecule has 122 valence electrons. The van der Waals surface area contributed by atoms with Gasteiger partial charge in [-0.15, -0.1) is 0 Å². The van der Waals surface area contributed by atoms with Crippen LogP contribution in [-0.4, -0.2) is 28.9 Å². The highest BCUT2D eigenvalue weighted by molar-refractivity contribution is 6.30. The SMILES string of the molecule is Cc1coc(CC(=O)O)c1C(=O)N(C)C(C)c1ccc(Cl)cc1. The molecule has 1 aromatic carbocycles. The Morgan fingerprint density at radius 3 is 2.48 bits per heavy atom. The number of aryl methyl sites for hydroxylation is 1. The lowest BCUT2D eigenvalue weighted by Crippen LogP contribution is -2.30. The highest BCUT2D eigenvalue weighted by atomic mass is 35.5. The minimum Gasteiger partial charge on any atom is -0.481 e. The van der Waals surface area contributed by atoms with Gasteiger partial charge in [0.15, 0.2) is 0 Å². The van der Waals surface area contributed by atoms with E-state index in [0.717, 1.165) is 5.56 Å². The summed E-state index contributed by atoms with van der Waals surface area (Å²) in [6, 6.07) is 7.07. The maximum atomic E-state index is 12.8. The summed E-state index contributed by atoms with van der Waals surface area (Å²) in [5, 5.41) is 9.57. The van der Waals surface area contributed by atoms with Gasteiger partial charge in [-0.2, -0.15) is 0 Å². The highest BCUT2D eigenvalue weighted by Crippen LogP contribution is 2.25. The molecule has 0 saturated heterocycles. The van der Waals surface area contributed by atoms with Gasteiger partial charge in [-0.05, 0) is 31.5 Å². The lowest BCUT2D eigenvalue weighted by molar-refractivity contribution is -0.136. The van der Waals surface area contributed by atoms with Crippen LogP contribution < -0.4 is 0 Å². The second-order valence-corrected chi connectivity index (χ2v) is 5.87. The number of hydrogen-bond acceptors (Lipinski definition) is 3. The minimum atomic E-state index is -1.04. The van der Waals surface area contributed by atoms with Crippen LogP contribution in [-0.2, 0) is 11.2 Å². The number of rotatable bonds is 5. The zero-order chi connectivity index (χ0) is 17.1. The van der Waals surface area contributed by atoms with Crippen molar-refractivity contribution in [2.75, 3.05) is 7.05 Å². The average molecular weight is 336 g/mol. The van der Waals surface area contributed by atoms with E-state index >= 15 is 0 Å². The molecule has 0 spiro atoms. The van der Waals surface area contributed by atoms with Crippen molar-refractivity contribution in [1.29, 1.82) is 0 Å². The van der Waals surface area contributed by atoms with Crippen LogP contribution in [0.3, 0.4) is 0 Å². The Labute approximate surface area is 139 Å². The molecule has 1 amide bonds. The summed E-state index contributed by atoms with van der Waals surface area (Å²) in [6.45, 7) is 3.62. The molecule has 1 N–H and O–H groups in total. The van der Waals surface area contributed by atoms with E-state index in [2.05, 4.69) is 0 Å². The van der Waals surface area contributed by atoms with Crippen LogP contribution in [0.5, 0.6) is 0 Å². The van der Waals surface area contributed by atoms with Crippen LogP contribution >= 0.6 is 11.6 Å². The fourth-order valence-electron chi connectivity index (χ4n) is 2.37. The lowest BCUT2D eigenvalue weighted by Gasteiger charge is -2.25. The molecule has 0 aliphatic carbocycles. The van der Waals surface area contributed by atoms with Crippen molar-refractivity contribution in [2.24, 2.45) is 0 Å². The van der Waals surface area contributed by atoms with E-state index in [0.29, 0.717) is 16.1 Å². The molecular formula is C17H18ClNO4. The first kappa shape index (κ1) is 17.1. The number of amides is 1. The predicted molar refractivity (Wildman–Crippen MR) is 86.7 cm³/mol. The molecule has 2 aromatic rings. The molecule has 0 aliphatic heterocycles. The van der Waals surface area contributed by atoms with Gasteiger partial charge in [0.25, 0.3) is 5.91 Å². The van der Waals surface area contributed by atoms with E-state index in [1.54, 1.807) is 31.0 Å². The number of benzene rings is 1. The molecule has 6 heteroatoms. The monoisotopic (exact) mass is 335 g/mol. The maximum absolute atomic E-state index is 12.8. The van der Waals surface area contributed by atoms with Gasteiger partial charge in [-0.3, -0.25) is 9.59 Å². The summed E-state index contributed by atoms with van der Waals surface area (Å²) >= 11 is 5.88. The summed E-state index contributed by atoms with van der Waals surface area (Å²) in [6.07, 6.45) is 1.09. The van der Waals surface area contributed by atoms with Gasteiger partial charge in [-0.1, -0.05) is 23.7 Å². The lowest BCUT2D eigenvalue weighted by atomic mass is 10.0. The molecule has 0 aliphatic rings. The fraction of sp³-hybridized carbons (Fsp3) is 0.294. The van der Waals surface area contributed by atoms with Crippen LogP contribution in [0.25, 0.3) is 0 Å². The molecule has 1 atom stereocenters. The predicted octanol–water partition coefficient (Wildman–Crippen LogP) is 3.70. The highest BCUT2D eigenvalue weighted by Gasteiger charge is 2.26. The first-order valence-corrected chi connectivity index (χ1v) is 7.50. The third-order valence-corrected chi connectivity index (χ3v) is 4.08. The van der Waals surface area contributed by atoms with Crippen molar-refractivity contribution in [1.82, 2.24) is 4.90 Å². The summed E-state index contributed by atoms with van der Waals surface area (Å²) in [4.78, 5) is 25.2. The normalized spacial score (nSPS) is 12.0. The van der Waals surface area contributed by atoms with Gasteiger partial charge in [0, 0.05) is 17.6 Å². The summed E-state index contributed by atoms with van der Waals surface area (Å²) in [5.41, 5.74) is 1.88. The minimum absolute atomic E-state index is 0.176. The number of hydrogen-bond donors (Lipinski definition) is 1. The topological polar surface area (TPSA) is 70.7 Å². The van der Waals surface area contributed by atoms with E-state index in [9.17, 15) is 9.59 Å². The summed E-state index contributed by atoms with van der Waals surface area (Å²) in [5.74, 6) is -1.13. The van der Waals surface area contributed by atoms with Crippen LogP contribution in [0.15, 0.2) is 34.9 Å². The van der Waals surface area contributed by atoms with E-state index < -0.39 is 5.97 Å². The van der Waals surface area contributed by atoms with E-state index in [1.165, 1.54) is 6.26 Å². The van der Waals surface area contributed by atoms with E-state index in [4.69, 9.17) is 21.1 Å². The van der Waals surface area contributed by atoms with Crippen molar-refractivity contribution in [3.63, 3.8) is 0 Å². The van der Waals surface area contributed by atoms with Gasteiger partial charge in [0.1, 0.15) is 12.2 Å². The number of carbonyl (C=O) groups excluding carboxylic acids is 1. The average Bonchev–Trinajstić information content (AvgIpc) is 2.85. The Hall–Kier alpha value is -2.27. The zero-order valence-electron chi connectivity index (χ0n) is 13.2. The summed E-state index contributed by atoms with van der Waals surface area (Å²) in [7, 11) is 1.68. The molecule has 5 nitrogen and oxygen atoms in total. The first-order chi connectivity index (χ1) is 10.8. The quantitative estimate of drug-likeness (QED) is 0.904. The molecule has 0 radical (unpaired) electrons. The summed E-state index contributed by atoms with van der Waals surface area (Å²) < 4.78 is 5.23. The van der Waals surface area contributed by atoms with Crippen LogP contribution in [0.1, 0.15) is 40.2 Å². The number of halogens is 1. The van der Waals surface area contributed by atoms with E-state index in [1.807, 2.05) is 19.1 Å². The molecule has 1 aromatic heterocycles. The van der Waals surface area contributed by atoms with Crippen molar-refractivity contribution >= 4 is 23.5 Å². The number of carbonyl (C=O) groups is 2. The first-order valence-electron chi connectivity index (χ1n) is 7.12. The Balaban J connectivity index is 2.27. The largest absolute Gasteiger partial charge is 0.481 e. The van der Waals surface area contributed by atoms with Crippen molar-refractivity contribution in [3.05, 3.63) is 58.0 Å². The molecule has 23 heavy (non-hydrogen) atoms. The van der Waals surface area contributed by atoms with Crippen LogP contribution in [0.4, 0.5) is 0 Å². The van der Waals surface area contributed by atoms with Gasteiger partial charge in [0.05, 0.1) is 17.9 Å². The second-order valence-electron chi connectivity index (χ2n) is 5.43. The second kappa shape index (κ2) is 6.87. The number of aliphatic carboxylic acids is 1. The van der Waals surface area contributed by atoms with Crippen molar-refractivity contribution in [3.8, 4) is 0 Å². The van der Waals surface area contributed by atoms with Gasteiger partial charge in [0.2, 0.25) is 0 Å². The molecule has 0 bridgehead atoms. The van der Waals surface area contributed by atoms with Gasteiger partial charge >= 0.3 is 5.97 Å². The molecule has 1 unspecified atom stereocenters. The number of nitrogens with zero attached hydrogens (tertiary/aromatic N) is 1. The number of furan rings is 1. The maximum Gasteiger partial charge on any atom is 0.311 e. The smallest absolute Gasteiger partial charge is 0.311 e. The van der Waals surface area contributed by atoms with Crippen molar-refractivity contribution < 1.29 is 19.1 Å². The number of carboxylic acids is 1. The van der Waals surface area contributed by atoms with E-state index in [-0.39, 0.29) is 24.1 Å². The third kappa shape index (κ3) is 3.74. The Bertz CT molecular complexity index is 721. The fourth-order valence-corrected chi connectivity index (χ4v) is 2.50. The van der Waals surface area contributed by atoms with Gasteiger partial charge < -0.3 is 14.4 Å². The molecule has 1 heterocycles. The van der Waals surface area contributed by atoms with Gasteiger partial charge in [-0.25, -0.2) is 0 Å².